The quantitative estimate of drug-likeness (QED) is 0.797. The molecule has 3 amide bonds. The average Bonchev–Trinajstić information content (AvgIpc) is 2.37. The van der Waals surface area contributed by atoms with Gasteiger partial charge in [0.25, 0.3) is 0 Å². The number of alkyl halides is 1. The predicted molar refractivity (Wildman–Crippen MR) is 74.8 cm³/mol. The SMILES string of the molecule is CCNC(=O)N1CCN(C(=O)C(Br)C(C)C)CC1. The van der Waals surface area contributed by atoms with Crippen molar-refractivity contribution >= 4 is 27.9 Å². The van der Waals surface area contributed by atoms with Crippen LogP contribution in [0.25, 0.3) is 0 Å². The van der Waals surface area contributed by atoms with Gasteiger partial charge in [-0.25, -0.2) is 4.79 Å². The highest BCUT2D eigenvalue weighted by Gasteiger charge is 2.28. The number of urea groups is 1. The zero-order chi connectivity index (χ0) is 13.7. The lowest BCUT2D eigenvalue weighted by molar-refractivity contribution is -0.132. The van der Waals surface area contributed by atoms with Crippen molar-refractivity contribution in [1.29, 1.82) is 0 Å². The van der Waals surface area contributed by atoms with Crippen molar-refractivity contribution in [3.8, 4) is 0 Å². The van der Waals surface area contributed by atoms with Gasteiger partial charge in [0, 0.05) is 32.7 Å². The molecule has 1 unspecified atom stereocenters. The maximum atomic E-state index is 12.1. The number of hydrogen-bond acceptors (Lipinski definition) is 2. The van der Waals surface area contributed by atoms with Crippen molar-refractivity contribution < 1.29 is 9.59 Å². The highest BCUT2D eigenvalue weighted by atomic mass is 79.9. The van der Waals surface area contributed by atoms with E-state index in [9.17, 15) is 9.59 Å². The van der Waals surface area contributed by atoms with E-state index in [0.29, 0.717) is 32.7 Å². The zero-order valence-electron chi connectivity index (χ0n) is 11.3. The molecule has 1 N–H and O–H groups in total. The van der Waals surface area contributed by atoms with Gasteiger partial charge in [0.2, 0.25) is 5.91 Å². The number of carbonyl (C=O) groups excluding carboxylic acids is 2. The smallest absolute Gasteiger partial charge is 0.317 e. The van der Waals surface area contributed by atoms with Crippen molar-refractivity contribution in [3.05, 3.63) is 0 Å². The summed E-state index contributed by atoms with van der Waals surface area (Å²) in [6, 6.07) is -0.0381. The van der Waals surface area contributed by atoms with Crippen LogP contribution in [0.5, 0.6) is 0 Å². The van der Waals surface area contributed by atoms with Gasteiger partial charge < -0.3 is 15.1 Å². The van der Waals surface area contributed by atoms with Crippen molar-refractivity contribution in [2.24, 2.45) is 5.92 Å². The molecule has 1 aliphatic heterocycles. The van der Waals surface area contributed by atoms with E-state index in [1.54, 1.807) is 4.90 Å². The van der Waals surface area contributed by atoms with E-state index in [1.807, 2.05) is 25.7 Å². The average molecular weight is 320 g/mol. The van der Waals surface area contributed by atoms with E-state index in [2.05, 4.69) is 21.2 Å². The van der Waals surface area contributed by atoms with Crippen LogP contribution in [0, 0.1) is 5.92 Å². The van der Waals surface area contributed by atoms with Gasteiger partial charge in [-0.05, 0) is 12.8 Å². The first-order valence-electron chi connectivity index (χ1n) is 6.43. The number of carbonyl (C=O) groups is 2. The molecule has 5 nitrogen and oxygen atoms in total. The Bertz CT molecular complexity index is 302. The normalized spacial score (nSPS) is 17.8. The van der Waals surface area contributed by atoms with Crippen LogP contribution < -0.4 is 5.32 Å². The fourth-order valence-electron chi connectivity index (χ4n) is 1.85. The van der Waals surface area contributed by atoms with Crippen molar-refractivity contribution in [3.63, 3.8) is 0 Å². The van der Waals surface area contributed by atoms with Gasteiger partial charge in [0.05, 0.1) is 4.83 Å². The Morgan fingerprint density at radius 3 is 2.11 bits per heavy atom. The van der Waals surface area contributed by atoms with E-state index in [-0.39, 0.29) is 22.7 Å². The molecule has 1 fully saturated rings. The summed E-state index contributed by atoms with van der Waals surface area (Å²) in [6.07, 6.45) is 0. The molecule has 104 valence electrons. The van der Waals surface area contributed by atoms with Gasteiger partial charge in [0.1, 0.15) is 0 Å². The summed E-state index contributed by atoms with van der Waals surface area (Å²) in [5.74, 6) is 0.402. The van der Waals surface area contributed by atoms with Gasteiger partial charge in [-0.2, -0.15) is 0 Å². The lowest BCUT2D eigenvalue weighted by atomic mass is 10.1. The largest absolute Gasteiger partial charge is 0.338 e. The molecule has 6 heteroatoms. The van der Waals surface area contributed by atoms with E-state index in [0.717, 1.165) is 0 Å². The molecule has 1 saturated heterocycles. The van der Waals surface area contributed by atoms with Gasteiger partial charge in [0.15, 0.2) is 0 Å². The second-order valence-corrected chi connectivity index (χ2v) is 5.78. The second-order valence-electron chi connectivity index (χ2n) is 4.79. The number of hydrogen-bond donors (Lipinski definition) is 1. The fraction of sp³-hybridized carbons (Fsp3) is 0.833. The highest BCUT2D eigenvalue weighted by molar-refractivity contribution is 9.10. The summed E-state index contributed by atoms with van der Waals surface area (Å²) < 4.78 is 0. The molecule has 0 aliphatic carbocycles. The molecule has 0 radical (unpaired) electrons. The first-order valence-corrected chi connectivity index (χ1v) is 7.34. The summed E-state index contributed by atoms with van der Waals surface area (Å²) in [7, 11) is 0. The van der Waals surface area contributed by atoms with Crippen molar-refractivity contribution in [2.45, 2.75) is 25.6 Å². The number of nitrogens with zero attached hydrogens (tertiary/aromatic N) is 2. The summed E-state index contributed by atoms with van der Waals surface area (Å²) >= 11 is 3.43. The third-order valence-corrected chi connectivity index (χ3v) is 4.48. The molecule has 0 aromatic heterocycles. The molecule has 0 spiro atoms. The van der Waals surface area contributed by atoms with Gasteiger partial charge in [-0.1, -0.05) is 29.8 Å². The van der Waals surface area contributed by atoms with E-state index in [4.69, 9.17) is 0 Å². The molecule has 0 bridgehead atoms. The zero-order valence-corrected chi connectivity index (χ0v) is 12.9. The third kappa shape index (κ3) is 3.86. The molecular formula is C12H22BrN3O2. The topological polar surface area (TPSA) is 52.7 Å². The van der Waals surface area contributed by atoms with Crippen molar-refractivity contribution in [2.75, 3.05) is 32.7 Å². The van der Waals surface area contributed by atoms with Crippen LogP contribution in [-0.2, 0) is 4.79 Å². The predicted octanol–water partition coefficient (Wildman–Crippen LogP) is 1.28. The van der Waals surface area contributed by atoms with Crippen LogP contribution in [0.2, 0.25) is 0 Å². The molecule has 0 aromatic carbocycles. The Morgan fingerprint density at radius 2 is 1.67 bits per heavy atom. The monoisotopic (exact) mass is 319 g/mol. The molecule has 1 aliphatic rings. The molecule has 1 atom stereocenters. The van der Waals surface area contributed by atoms with E-state index >= 15 is 0 Å². The van der Waals surface area contributed by atoms with Crippen molar-refractivity contribution in [1.82, 2.24) is 15.1 Å². The lowest BCUT2D eigenvalue weighted by Gasteiger charge is -2.36. The maximum absolute atomic E-state index is 12.1. The summed E-state index contributed by atoms with van der Waals surface area (Å²) in [6.45, 7) is 9.01. The van der Waals surface area contributed by atoms with Crippen LogP contribution in [0.15, 0.2) is 0 Å². The van der Waals surface area contributed by atoms with Crippen LogP contribution in [-0.4, -0.2) is 59.3 Å². The second kappa shape index (κ2) is 6.97. The van der Waals surface area contributed by atoms with Crippen LogP contribution in [0.3, 0.4) is 0 Å². The van der Waals surface area contributed by atoms with Gasteiger partial charge in [-0.15, -0.1) is 0 Å². The Hall–Kier alpha value is -0.780. The minimum Gasteiger partial charge on any atom is -0.338 e. The summed E-state index contributed by atoms with van der Waals surface area (Å²) in [5, 5.41) is 2.77. The molecule has 0 saturated carbocycles. The lowest BCUT2D eigenvalue weighted by Crippen LogP contribution is -2.54. The summed E-state index contributed by atoms with van der Waals surface area (Å²) in [4.78, 5) is 27.2. The standard InChI is InChI=1S/C12H22BrN3O2/c1-4-14-12(18)16-7-5-15(6-8-16)11(17)10(13)9(2)3/h9-10H,4-8H2,1-3H3,(H,14,18). The van der Waals surface area contributed by atoms with E-state index in [1.165, 1.54) is 0 Å². The Labute approximate surface area is 117 Å². The number of piperazine rings is 1. The molecule has 1 heterocycles. The van der Waals surface area contributed by atoms with Crippen LogP contribution in [0.4, 0.5) is 4.79 Å². The van der Waals surface area contributed by atoms with Crippen LogP contribution >= 0.6 is 15.9 Å². The number of rotatable bonds is 3. The summed E-state index contributed by atoms with van der Waals surface area (Å²) in [5.41, 5.74) is 0. The van der Waals surface area contributed by atoms with Gasteiger partial charge in [-0.3, -0.25) is 4.79 Å². The van der Waals surface area contributed by atoms with Gasteiger partial charge >= 0.3 is 6.03 Å². The minimum atomic E-state index is -0.131. The number of amides is 3. The molecule has 18 heavy (non-hydrogen) atoms. The number of halogens is 1. The molecule has 1 rings (SSSR count). The Morgan fingerprint density at radius 1 is 1.17 bits per heavy atom. The molecule has 0 aromatic rings. The first kappa shape index (κ1) is 15.3. The maximum Gasteiger partial charge on any atom is 0.317 e. The Balaban J connectivity index is 2.44. The van der Waals surface area contributed by atoms with E-state index < -0.39 is 0 Å². The first-order chi connectivity index (χ1) is 8.47. The fourth-order valence-corrected chi connectivity index (χ4v) is 2.14. The Kier molecular flexibility index (Phi) is 5.91. The minimum absolute atomic E-state index is 0.0381. The third-order valence-electron chi connectivity index (χ3n) is 3.03. The number of nitrogens with one attached hydrogen (secondary N) is 1. The molecular weight excluding hydrogens is 298 g/mol. The van der Waals surface area contributed by atoms with Crippen LogP contribution in [0.1, 0.15) is 20.8 Å². The highest BCUT2D eigenvalue weighted by Crippen LogP contribution is 2.16.